The zero-order chi connectivity index (χ0) is 8.97. The van der Waals surface area contributed by atoms with Crippen molar-refractivity contribution in [3.8, 4) is 0 Å². The highest BCUT2D eigenvalue weighted by molar-refractivity contribution is 4.73. The summed E-state index contributed by atoms with van der Waals surface area (Å²) in [6, 6.07) is 0.484. The van der Waals surface area contributed by atoms with Gasteiger partial charge in [0, 0.05) is 6.04 Å². The highest BCUT2D eigenvalue weighted by Gasteiger charge is 2.17. The molecule has 72 valence electrons. The van der Waals surface area contributed by atoms with Gasteiger partial charge in [-0.25, -0.2) is 0 Å². The summed E-state index contributed by atoms with van der Waals surface area (Å²) in [7, 11) is 0. The SMILES string of the molecule is CCC1CCCC(N)CC(C)C1. The van der Waals surface area contributed by atoms with Crippen LogP contribution in [0.5, 0.6) is 0 Å². The predicted molar refractivity (Wildman–Crippen MR) is 54.0 cm³/mol. The second kappa shape index (κ2) is 4.86. The monoisotopic (exact) mass is 169 g/mol. The van der Waals surface area contributed by atoms with Crippen LogP contribution in [0.25, 0.3) is 0 Å². The molecule has 0 saturated heterocycles. The predicted octanol–water partition coefficient (Wildman–Crippen LogP) is 2.94. The zero-order valence-electron chi connectivity index (χ0n) is 8.55. The van der Waals surface area contributed by atoms with E-state index in [9.17, 15) is 0 Å². The van der Waals surface area contributed by atoms with Gasteiger partial charge in [0.25, 0.3) is 0 Å². The van der Waals surface area contributed by atoms with Crippen molar-refractivity contribution >= 4 is 0 Å². The minimum Gasteiger partial charge on any atom is -0.328 e. The molecular formula is C11H23N. The van der Waals surface area contributed by atoms with E-state index in [-0.39, 0.29) is 0 Å². The maximum Gasteiger partial charge on any atom is 0.00413 e. The standard InChI is InChI=1S/C11H23N/c1-3-10-5-4-6-11(12)8-9(2)7-10/h9-11H,3-8,12H2,1-2H3. The van der Waals surface area contributed by atoms with Gasteiger partial charge < -0.3 is 5.73 Å². The van der Waals surface area contributed by atoms with Gasteiger partial charge in [-0.2, -0.15) is 0 Å². The molecule has 0 aromatic heterocycles. The largest absolute Gasteiger partial charge is 0.328 e. The third-order valence-electron chi connectivity index (χ3n) is 3.21. The van der Waals surface area contributed by atoms with Gasteiger partial charge in [-0.1, -0.05) is 33.1 Å². The van der Waals surface area contributed by atoms with E-state index in [1.165, 1.54) is 38.5 Å². The Morgan fingerprint density at radius 1 is 1.25 bits per heavy atom. The van der Waals surface area contributed by atoms with Gasteiger partial charge >= 0.3 is 0 Å². The maximum absolute atomic E-state index is 5.98. The molecule has 1 aliphatic rings. The molecule has 2 N–H and O–H groups in total. The lowest BCUT2D eigenvalue weighted by Crippen LogP contribution is -2.25. The average Bonchev–Trinajstić information content (AvgIpc) is 1.99. The Morgan fingerprint density at radius 2 is 2.00 bits per heavy atom. The molecule has 0 spiro atoms. The highest BCUT2D eigenvalue weighted by atomic mass is 14.6. The number of hydrogen-bond acceptors (Lipinski definition) is 1. The van der Waals surface area contributed by atoms with Crippen molar-refractivity contribution < 1.29 is 0 Å². The molecule has 1 aliphatic carbocycles. The summed E-state index contributed by atoms with van der Waals surface area (Å²) in [5.74, 6) is 1.83. The van der Waals surface area contributed by atoms with Crippen molar-refractivity contribution in [1.29, 1.82) is 0 Å². The Kier molecular flexibility index (Phi) is 4.07. The normalized spacial score (nSPS) is 38.8. The average molecular weight is 169 g/mol. The number of nitrogens with two attached hydrogens (primary N) is 1. The second-order valence-corrected chi connectivity index (χ2v) is 4.54. The molecule has 3 unspecified atom stereocenters. The Hall–Kier alpha value is -0.0400. The van der Waals surface area contributed by atoms with E-state index in [1.54, 1.807) is 0 Å². The van der Waals surface area contributed by atoms with Crippen molar-refractivity contribution in [2.24, 2.45) is 17.6 Å². The van der Waals surface area contributed by atoms with Gasteiger partial charge in [0.05, 0.1) is 0 Å². The Balaban J connectivity index is 2.37. The summed E-state index contributed by atoms with van der Waals surface area (Å²) >= 11 is 0. The fraction of sp³-hybridized carbons (Fsp3) is 1.00. The van der Waals surface area contributed by atoms with E-state index in [2.05, 4.69) is 13.8 Å². The number of rotatable bonds is 1. The summed E-state index contributed by atoms with van der Waals surface area (Å²) in [5, 5.41) is 0. The smallest absolute Gasteiger partial charge is 0.00413 e. The third kappa shape index (κ3) is 3.14. The fourth-order valence-electron chi connectivity index (χ4n) is 2.46. The van der Waals surface area contributed by atoms with Crippen molar-refractivity contribution in [1.82, 2.24) is 0 Å². The lowest BCUT2D eigenvalue weighted by molar-refractivity contribution is 0.287. The topological polar surface area (TPSA) is 26.0 Å². The first-order valence-electron chi connectivity index (χ1n) is 5.48. The molecule has 0 aromatic carbocycles. The number of hydrogen-bond donors (Lipinski definition) is 1. The van der Waals surface area contributed by atoms with Crippen LogP contribution in [0.4, 0.5) is 0 Å². The minimum absolute atomic E-state index is 0.484. The lowest BCUT2D eigenvalue weighted by atomic mass is 9.82. The third-order valence-corrected chi connectivity index (χ3v) is 3.21. The molecule has 1 fully saturated rings. The van der Waals surface area contributed by atoms with Crippen LogP contribution in [-0.2, 0) is 0 Å². The molecule has 3 atom stereocenters. The van der Waals surface area contributed by atoms with Crippen LogP contribution in [0.15, 0.2) is 0 Å². The summed E-state index contributed by atoms with van der Waals surface area (Å²) in [4.78, 5) is 0. The molecule has 1 nitrogen and oxygen atoms in total. The molecular weight excluding hydrogens is 146 g/mol. The molecule has 12 heavy (non-hydrogen) atoms. The summed E-state index contributed by atoms with van der Waals surface area (Å²) in [5.41, 5.74) is 5.98. The van der Waals surface area contributed by atoms with Crippen molar-refractivity contribution in [3.05, 3.63) is 0 Å². The highest BCUT2D eigenvalue weighted by Crippen LogP contribution is 2.27. The first-order valence-corrected chi connectivity index (χ1v) is 5.48. The van der Waals surface area contributed by atoms with Gasteiger partial charge in [0.2, 0.25) is 0 Å². The molecule has 0 aromatic rings. The van der Waals surface area contributed by atoms with Gasteiger partial charge in [-0.05, 0) is 31.1 Å². The van der Waals surface area contributed by atoms with Crippen molar-refractivity contribution in [2.45, 2.75) is 58.4 Å². The van der Waals surface area contributed by atoms with Crippen LogP contribution >= 0.6 is 0 Å². The van der Waals surface area contributed by atoms with Crippen LogP contribution < -0.4 is 5.73 Å². The van der Waals surface area contributed by atoms with Gasteiger partial charge in [-0.3, -0.25) is 0 Å². The Morgan fingerprint density at radius 3 is 2.67 bits per heavy atom. The molecule has 1 rings (SSSR count). The van der Waals surface area contributed by atoms with Crippen LogP contribution in [0.1, 0.15) is 52.4 Å². The van der Waals surface area contributed by atoms with Crippen LogP contribution in [0.2, 0.25) is 0 Å². The minimum atomic E-state index is 0.484. The Labute approximate surface area is 76.7 Å². The Bertz CT molecular complexity index is 122. The van der Waals surface area contributed by atoms with E-state index in [4.69, 9.17) is 5.73 Å². The van der Waals surface area contributed by atoms with Crippen LogP contribution in [0.3, 0.4) is 0 Å². The molecule has 1 saturated carbocycles. The van der Waals surface area contributed by atoms with E-state index in [0.717, 1.165) is 11.8 Å². The first-order chi connectivity index (χ1) is 5.72. The summed E-state index contributed by atoms with van der Waals surface area (Å²) in [6.45, 7) is 4.67. The summed E-state index contributed by atoms with van der Waals surface area (Å²) < 4.78 is 0. The van der Waals surface area contributed by atoms with Crippen molar-refractivity contribution in [2.75, 3.05) is 0 Å². The van der Waals surface area contributed by atoms with Crippen molar-refractivity contribution in [3.63, 3.8) is 0 Å². The molecule has 0 bridgehead atoms. The molecule has 0 aliphatic heterocycles. The molecule has 0 heterocycles. The van der Waals surface area contributed by atoms with E-state index < -0.39 is 0 Å². The quantitative estimate of drug-likeness (QED) is 0.641. The lowest BCUT2D eigenvalue weighted by Gasteiger charge is -2.26. The molecule has 0 radical (unpaired) electrons. The zero-order valence-corrected chi connectivity index (χ0v) is 8.55. The second-order valence-electron chi connectivity index (χ2n) is 4.54. The van der Waals surface area contributed by atoms with Gasteiger partial charge in [0.15, 0.2) is 0 Å². The first kappa shape index (κ1) is 10.0. The maximum atomic E-state index is 5.98. The molecule has 0 amide bonds. The van der Waals surface area contributed by atoms with Crippen LogP contribution in [0, 0.1) is 11.8 Å². The van der Waals surface area contributed by atoms with E-state index >= 15 is 0 Å². The van der Waals surface area contributed by atoms with Gasteiger partial charge in [0.1, 0.15) is 0 Å². The van der Waals surface area contributed by atoms with Crippen LogP contribution in [-0.4, -0.2) is 6.04 Å². The summed E-state index contributed by atoms with van der Waals surface area (Å²) in [6.07, 6.45) is 8.03. The van der Waals surface area contributed by atoms with E-state index in [0.29, 0.717) is 6.04 Å². The fourth-order valence-corrected chi connectivity index (χ4v) is 2.46. The van der Waals surface area contributed by atoms with E-state index in [1.807, 2.05) is 0 Å². The van der Waals surface area contributed by atoms with Gasteiger partial charge in [-0.15, -0.1) is 0 Å². The molecule has 1 heteroatoms.